The fraction of sp³-hybridized carbons (Fsp3) is 0.571. The Bertz CT molecular complexity index is 304. The lowest BCUT2D eigenvalue weighted by Gasteiger charge is -2.16. The lowest BCUT2D eigenvalue weighted by molar-refractivity contribution is 0.207. The first-order chi connectivity index (χ1) is 6.23. The second-order valence-electron chi connectivity index (χ2n) is 2.13. The van der Waals surface area contributed by atoms with Crippen LogP contribution in [-0.2, 0) is 9.05 Å². The zero-order valence-corrected chi connectivity index (χ0v) is 10.1. The summed E-state index contributed by atoms with van der Waals surface area (Å²) >= 11 is 2.96. The molecule has 0 fully saturated rings. The van der Waals surface area contributed by atoms with Gasteiger partial charge in [0.05, 0.1) is 13.2 Å². The molecule has 76 valence electrons. The summed E-state index contributed by atoms with van der Waals surface area (Å²) in [6.07, 6.45) is 0. The molecule has 0 atom stereocenters. The molecule has 13 heavy (non-hydrogen) atoms. The van der Waals surface area contributed by atoms with Crippen molar-refractivity contribution in [3.8, 4) is 0 Å². The smallest absolute Gasteiger partial charge is 0.283 e. The van der Waals surface area contributed by atoms with E-state index in [-0.39, 0.29) is 0 Å². The van der Waals surface area contributed by atoms with Crippen molar-refractivity contribution in [1.82, 2.24) is 0 Å². The molecule has 1 rings (SSSR count). The van der Waals surface area contributed by atoms with E-state index < -0.39 is 7.57 Å². The zero-order chi connectivity index (χ0) is 9.73. The predicted molar refractivity (Wildman–Crippen MR) is 57.8 cm³/mol. The third-order valence-corrected chi connectivity index (χ3v) is 6.62. The molecule has 0 spiro atoms. The Morgan fingerprint density at radius 1 is 1.23 bits per heavy atom. The predicted octanol–water partition coefficient (Wildman–Crippen LogP) is 3.17. The van der Waals surface area contributed by atoms with E-state index >= 15 is 0 Å². The minimum atomic E-state index is -2.74. The van der Waals surface area contributed by atoms with E-state index in [4.69, 9.17) is 9.05 Å². The van der Waals surface area contributed by atoms with Crippen LogP contribution in [0.4, 0.5) is 0 Å². The summed E-state index contributed by atoms with van der Waals surface area (Å²) in [5, 5.41) is 3.84. The first-order valence-electron chi connectivity index (χ1n) is 3.99. The Morgan fingerprint density at radius 2 is 1.69 bits per heavy atom. The van der Waals surface area contributed by atoms with Gasteiger partial charge in [-0.25, -0.2) is 0 Å². The van der Waals surface area contributed by atoms with Gasteiger partial charge in [-0.3, -0.25) is 0 Å². The molecule has 0 amide bonds. The van der Waals surface area contributed by atoms with Crippen molar-refractivity contribution < 1.29 is 13.9 Å². The Balaban J connectivity index is 3.11. The van der Waals surface area contributed by atoms with Crippen molar-refractivity contribution in [2.24, 2.45) is 0 Å². The van der Waals surface area contributed by atoms with Crippen LogP contribution in [-0.4, -0.2) is 18.1 Å². The molecular weight excluding hydrogens is 227 g/mol. The minimum Gasteiger partial charge on any atom is -0.331 e. The summed E-state index contributed by atoms with van der Waals surface area (Å²) in [4.78, 5) is 10.1. The second kappa shape index (κ2) is 5.29. The molecule has 0 saturated heterocycles. The van der Waals surface area contributed by atoms with E-state index in [1.54, 1.807) is 0 Å². The summed E-state index contributed by atoms with van der Waals surface area (Å²) < 4.78 is 11.4. The van der Waals surface area contributed by atoms with Gasteiger partial charge in [-0.05, 0) is 13.8 Å². The lowest BCUT2D eigenvalue weighted by Crippen LogP contribution is -1.94. The Hall–Kier alpha value is 0.360. The molecule has 1 N–H and O–H groups in total. The van der Waals surface area contributed by atoms with Crippen LogP contribution in [0.3, 0.4) is 0 Å². The number of hydrogen-bond donors (Lipinski definition) is 1. The molecule has 3 nitrogen and oxygen atoms in total. The van der Waals surface area contributed by atoms with Gasteiger partial charge in [-0.15, -0.1) is 22.7 Å². The van der Waals surface area contributed by atoms with Crippen LogP contribution in [0.25, 0.3) is 0 Å². The van der Waals surface area contributed by atoms with Gasteiger partial charge >= 0.3 is 0 Å². The summed E-state index contributed by atoms with van der Waals surface area (Å²) in [5.41, 5.74) is 0. The zero-order valence-electron chi connectivity index (χ0n) is 7.60. The Morgan fingerprint density at radius 3 is 2.08 bits per heavy atom. The summed E-state index contributed by atoms with van der Waals surface area (Å²) in [6.45, 7) is 4.63. The largest absolute Gasteiger partial charge is 0.331 e. The van der Waals surface area contributed by atoms with E-state index in [9.17, 15) is 4.89 Å². The van der Waals surface area contributed by atoms with Crippen molar-refractivity contribution in [2.45, 2.75) is 13.8 Å². The van der Waals surface area contributed by atoms with Gasteiger partial charge in [-0.2, -0.15) is 0 Å². The molecule has 1 aromatic rings. The van der Waals surface area contributed by atoms with Gasteiger partial charge in [0, 0.05) is 10.8 Å². The molecule has 6 heteroatoms. The molecule has 0 unspecified atom stereocenters. The molecule has 0 saturated carbocycles. The third kappa shape index (κ3) is 2.91. The van der Waals surface area contributed by atoms with Crippen LogP contribution >= 0.6 is 30.2 Å². The quantitative estimate of drug-likeness (QED) is 0.821. The maximum absolute atomic E-state index is 10.1. The van der Waals surface area contributed by atoms with Crippen molar-refractivity contribution >= 4 is 30.2 Å². The second-order valence-corrected chi connectivity index (χ2v) is 6.83. The van der Waals surface area contributed by atoms with Crippen LogP contribution in [0.2, 0.25) is 0 Å². The average Bonchev–Trinajstić information content (AvgIpc) is 2.57. The topological polar surface area (TPSA) is 38.7 Å². The first-order valence-corrected chi connectivity index (χ1v) is 7.33. The van der Waals surface area contributed by atoms with Crippen LogP contribution < -0.4 is 0 Å². The van der Waals surface area contributed by atoms with Crippen LogP contribution in [0, 0.1) is 3.57 Å². The number of rotatable bonds is 4. The van der Waals surface area contributed by atoms with Gasteiger partial charge in [0.2, 0.25) is 0 Å². The van der Waals surface area contributed by atoms with E-state index in [2.05, 4.69) is 0 Å². The van der Waals surface area contributed by atoms with E-state index in [1.807, 2.05) is 24.6 Å². The number of hydrogen-bond acceptors (Lipinski definition) is 5. The fourth-order valence-electron chi connectivity index (χ4n) is 0.826. The molecule has 0 aliphatic heterocycles. The Kier molecular flexibility index (Phi) is 4.66. The minimum absolute atomic E-state index is 0.467. The lowest BCUT2D eigenvalue weighted by atomic mass is 10.9. The van der Waals surface area contributed by atoms with Crippen LogP contribution in [0.5, 0.6) is 0 Å². The van der Waals surface area contributed by atoms with Crippen molar-refractivity contribution in [1.29, 1.82) is 0 Å². The van der Waals surface area contributed by atoms with Crippen LogP contribution in [0.15, 0.2) is 10.8 Å². The monoisotopic (exact) mass is 240 g/mol. The molecule has 0 aromatic carbocycles. The van der Waals surface area contributed by atoms with Crippen molar-refractivity contribution in [3.05, 3.63) is 14.3 Å². The maximum atomic E-state index is 10.1. The molecule has 1 aromatic heterocycles. The highest BCUT2D eigenvalue weighted by Gasteiger charge is 2.16. The highest BCUT2D eigenvalue weighted by atomic mass is 32.2. The molecular formula is C7H13O3PS2. The fourth-order valence-corrected chi connectivity index (χ4v) is 5.11. The van der Waals surface area contributed by atoms with Gasteiger partial charge in [0.1, 0.15) is 0 Å². The Labute approximate surface area is 85.8 Å². The normalized spacial score (nSPS) is 11.9. The molecule has 0 aliphatic rings. The molecule has 0 bridgehead atoms. The van der Waals surface area contributed by atoms with Crippen molar-refractivity contribution in [2.75, 3.05) is 13.2 Å². The third-order valence-electron chi connectivity index (χ3n) is 1.23. The van der Waals surface area contributed by atoms with E-state index in [1.165, 1.54) is 22.7 Å². The molecule has 0 aliphatic carbocycles. The average molecular weight is 240 g/mol. The molecule has 0 radical (unpaired) electrons. The SMILES string of the molecule is CCOP(O)(OCC)=c1sccs1. The van der Waals surface area contributed by atoms with Gasteiger partial charge < -0.3 is 13.9 Å². The summed E-state index contributed by atoms with van der Waals surface area (Å²) in [7, 11) is -2.74. The summed E-state index contributed by atoms with van der Waals surface area (Å²) in [6, 6.07) is 0. The van der Waals surface area contributed by atoms with Crippen molar-refractivity contribution in [3.63, 3.8) is 0 Å². The first kappa shape index (κ1) is 11.4. The van der Waals surface area contributed by atoms with E-state index in [0.717, 1.165) is 3.57 Å². The standard InChI is InChI=1S/C7H13O3PS2/c1-3-9-11(8,10-4-2)7-12-5-6-13-7/h5-6,8H,3-4H2,1-2H3. The highest BCUT2D eigenvalue weighted by Crippen LogP contribution is 2.50. The van der Waals surface area contributed by atoms with E-state index in [0.29, 0.717) is 13.2 Å². The van der Waals surface area contributed by atoms with Gasteiger partial charge in [0.15, 0.2) is 3.57 Å². The van der Waals surface area contributed by atoms with Gasteiger partial charge in [0.25, 0.3) is 7.57 Å². The highest BCUT2D eigenvalue weighted by molar-refractivity contribution is 7.59. The van der Waals surface area contributed by atoms with Crippen LogP contribution in [0.1, 0.15) is 13.8 Å². The molecule has 1 heterocycles. The summed E-state index contributed by atoms with van der Waals surface area (Å²) in [5.74, 6) is 0. The van der Waals surface area contributed by atoms with Gasteiger partial charge in [-0.1, -0.05) is 0 Å². The maximum Gasteiger partial charge on any atom is 0.283 e.